The van der Waals surface area contributed by atoms with Gasteiger partial charge in [0.2, 0.25) is 5.91 Å². The second kappa shape index (κ2) is 5.13. The summed E-state index contributed by atoms with van der Waals surface area (Å²) in [7, 11) is 3.79. The molecule has 19 heavy (non-hydrogen) atoms. The largest absolute Gasteiger partial charge is 0.298 e. The minimum Gasteiger partial charge on any atom is -0.298 e. The molecule has 2 rings (SSSR count). The molecule has 1 heterocycles. The third-order valence-corrected chi connectivity index (χ3v) is 3.33. The molecule has 0 unspecified atom stereocenters. The van der Waals surface area contributed by atoms with Crippen LogP contribution in [0, 0.1) is 11.7 Å². The highest BCUT2D eigenvalue weighted by molar-refractivity contribution is 5.95. The van der Waals surface area contributed by atoms with E-state index in [2.05, 4.69) is 0 Å². The van der Waals surface area contributed by atoms with Gasteiger partial charge in [0.15, 0.2) is 0 Å². The topological polar surface area (TPSA) is 25.2 Å². The summed E-state index contributed by atoms with van der Waals surface area (Å²) in [5.41, 5.74) is 0.749. The second-order valence-corrected chi connectivity index (χ2v) is 5.38. The summed E-state index contributed by atoms with van der Waals surface area (Å²) in [6.45, 7) is 4.04. The Kier molecular flexibility index (Phi) is 3.71. The number of nitrogens with zero attached hydrogens (tertiary/aromatic N) is 2. The Morgan fingerprint density at radius 2 is 1.95 bits per heavy atom. The Morgan fingerprint density at radius 1 is 1.26 bits per heavy atom. The molecule has 0 radical (unpaired) electrons. The summed E-state index contributed by atoms with van der Waals surface area (Å²) in [4.78, 5) is 14.5. The van der Waals surface area contributed by atoms with Gasteiger partial charge in [0.05, 0.1) is 11.6 Å². The van der Waals surface area contributed by atoms with Gasteiger partial charge < -0.3 is 0 Å². The van der Waals surface area contributed by atoms with E-state index in [1.165, 1.54) is 12.1 Å². The van der Waals surface area contributed by atoms with Crippen molar-refractivity contribution in [1.29, 1.82) is 0 Å². The number of likely N-dealkylation sites (N-methyl/N-ethyl adjacent to an activating group) is 1. The standard InChI is InChI=1S/C15H19FN2O/c1-10(2)14(17(3)4)15(19)18-8-7-11-9-12(16)5-6-13(11)18/h5-10,14H,1-4H3/t14-/m0/s1. The maximum atomic E-state index is 13.2. The Hall–Kier alpha value is -1.68. The van der Waals surface area contributed by atoms with Crippen LogP contribution in [0.25, 0.3) is 10.9 Å². The van der Waals surface area contributed by atoms with Crippen LogP contribution >= 0.6 is 0 Å². The van der Waals surface area contributed by atoms with Crippen LogP contribution in [0.3, 0.4) is 0 Å². The number of aromatic nitrogens is 1. The number of hydrogen-bond donors (Lipinski definition) is 0. The second-order valence-electron chi connectivity index (χ2n) is 5.38. The molecule has 0 N–H and O–H groups in total. The number of benzene rings is 1. The van der Waals surface area contributed by atoms with Crippen molar-refractivity contribution in [3.8, 4) is 0 Å². The van der Waals surface area contributed by atoms with Crippen LogP contribution < -0.4 is 0 Å². The maximum Gasteiger partial charge on any atom is 0.248 e. The Bertz CT molecular complexity index is 593. The van der Waals surface area contributed by atoms with Crippen LogP contribution in [0.1, 0.15) is 18.6 Å². The van der Waals surface area contributed by atoms with Crippen LogP contribution in [0.15, 0.2) is 30.5 Å². The molecular formula is C15H19FN2O. The van der Waals surface area contributed by atoms with Crippen molar-refractivity contribution < 1.29 is 9.18 Å². The lowest BCUT2D eigenvalue weighted by Gasteiger charge is -2.26. The molecule has 0 aliphatic rings. The van der Waals surface area contributed by atoms with Gasteiger partial charge >= 0.3 is 0 Å². The summed E-state index contributed by atoms with van der Waals surface area (Å²) >= 11 is 0. The van der Waals surface area contributed by atoms with E-state index in [1.807, 2.05) is 32.8 Å². The fourth-order valence-corrected chi connectivity index (χ4v) is 2.55. The number of carbonyl (C=O) groups excluding carboxylic acids is 1. The minimum absolute atomic E-state index is 0.0154. The molecule has 0 spiro atoms. The van der Waals surface area contributed by atoms with Gasteiger partial charge in [-0.25, -0.2) is 4.39 Å². The first-order valence-electron chi connectivity index (χ1n) is 6.39. The molecule has 2 aromatic rings. The fraction of sp³-hybridized carbons (Fsp3) is 0.400. The Balaban J connectivity index is 2.46. The summed E-state index contributed by atoms with van der Waals surface area (Å²) in [6, 6.07) is 6.05. The van der Waals surface area contributed by atoms with Gasteiger partial charge in [0, 0.05) is 11.6 Å². The van der Waals surface area contributed by atoms with Crippen molar-refractivity contribution in [2.45, 2.75) is 19.9 Å². The van der Waals surface area contributed by atoms with Crippen LogP contribution in [0.4, 0.5) is 4.39 Å². The smallest absolute Gasteiger partial charge is 0.248 e. The average molecular weight is 262 g/mol. The molecule has 4 heteroatoms. The lowest BCUT2D eigenvalue weighted by atomic mass is 10.0. The summed E-state index contributed by atoms with van der Waals surface area (Å²) in [6.07, 6.45) is 1.71. The van der Waals surface area contributed by atoms with Crippen LogP contribution in [0.5, 0.6) is 0 Å². The first-order chi connectivity index (χ1) is 8.91. The van der Waals surface area contributed by atoms with Gasteiger partial charge in [-0.05, 0) is 44.3 Å². The van der Waals surface area contributed by atoms with E-state index in [4.69, 9.17) is 0 Å². The van der Waals surface area contributed by atoms with Crippen molar-refractivity contribution in [2.75, 3.05) is 14.1 Å². The van der Waals surface area contributed by atoms with Crippen molar-refractivity contribution in [3.05, 3.63) is 36.3 Å². The molecule has 1 aromatic heterocycles. The van der Waals surface area contributed by atoms with Crippen molar-refractivity contribution >= 4 is 16.8 Å². The third-order valence-electron chi connectivity index (χ3n) is 3.33. The number of hydrogen-bond acceptors (Lipinski definition) is 2. The van der Waals surface area contributed by atoms with Crippen molar-refractivity contribution in [3.63, 3.8) is 0 Å². The molecule has 102 valence electrons. The van der Waals surface area contributed by atoms with Gasteiger partial charge in [-0.3, -0.25) is 14.3 Å². The van der Waals surface area contributed by atoms with Crippen molar-refractivity contribution in [2.24, 2.45) is 5.92 Å². The predicted molar refractivity (Wildman–Crippen MR) is 74.8 cm³/mol. The molecule has 3 nitrogen and oxygen atoms in total. The van der Waals surface area contributed by atoms with Gasteiger partial charge in [-0.1, -0.05) is 13.8 Å². The normalized spacial score (nSPS) is 13.4. The van der Waals surface area contributed by atoms with Gasteiger partial charge in [-0.2, -0.15) is 0 Å². The number of fused-ring (bicyclic) bond motifs is 1. The molecule has 0 fully saturated rings. The van der Waals surface area contributed by atoms with E-state index in [0.717, 1.165) is 10.9 Å². The molecule has 0 saturated heterocycles. The summed E-state index contributed by atoms with van der Waals surface area (Å²) in [5.74, 6) is -0.0623. The first kappa shape index (κ1) is 13.7. The zero-order chi connectivity index (χ0) is 14.2. The quantitative estimate of drug-likeness (QED) is 0.849. The minimum atomic E-state index is -0.286. The van der Waals surface area contributed by atoms with Crippen LogP contribution in [0.2, 0.25) is 0 Å². The fourth-order valence-electron chi connectivity index (χ4n) is 2.55. The average Bonchev–Trinajstić information content (AvgIpc) is 2.70. The van der Waals surface area contributed by atoms with E-state index in [-0.39, 0.29) is 23.7 Å². The van der Waals surface area contributed by atoms with Crippen LogP contribution in [-0.2, 0) is 0 Å². The zero-order valence-electron chi connectivity index (χ0n) is 11.7. The monoisotopic (exact) mass is 262 g/mol. The molecule has 1 atom stereocenters. The zero-order valence-corrected chi connectivity index (χ0v) is 11.7. The maximum absolute atomic E-state index is 13.2. The van der Waals surface area contributed by atoms with Gasteiger partial charge in [-0.15, -0.1) is 0 Å². The molecule has 0 aliphatic carbocycles. The highest BCUT2D eigenvalue weighted by Crippen LogP contribution is 2.19. The SMILES string of the molecule is CC(C)[C@@H](C(=O)n1ccc2cc(F)ccc21)N(C)C. The Morgan fingerprint density at radius 3 is 2.53 bits per heavy atom. The van der Waals surface area contributed by atoms with Gasteiger partial charge in [0.25, 0.3) is 0 Å². The van der Waals surface area contributed by atoms with E-state index in [0.29, 0.717) is 0 Å². The van der Waals surface area contributed by atoms with E-state index in [1.54, 1.807) is 22.9 Å². The molecular weight excluding hydrogens is 243 g/mol. The van der Waals surface area contributed by atoms with E-state index < -0.39 is 0 Å². The van der Waals surface area contributed by atoms with E-state index >= 15 is 0 Å². The highest BCUT2D eigenvalue weighted by atomic mass is 19.1. The number of carbonyl (C=O) groups is 1. The summed E-state index contributed by atoms with van der Waals surface area (Å²) in [5, 5.41) is 0.745. The molecule has 0 saturated carbocycles. The lowest BCUT2D eigenvalue weighted by molar-refractivity contribution is 0.0743. The van der Waals surface area contributed by atoms with Gasteiger partial charge in [0.1, 0.15) is 5.82 Å². The lowest BCUT2D eigenvalue weighted by Crippen LogP contribution is -2.42. The molecule has 0 amide bonds. The summed E-state index contributed by atoms with van der Waals surface area (Å²) < 4.78 is 14.8. The van der Waals surface area contributed by atoms with Crippen molar-refractivity contribution in [1.82, 2.24) is 9.47 Å². The molecule has 1 aromatic carbocycles. The molecule has 0 aliphatic heterocycles. The highest BCUT2D eigenvalue weighted by Gasteiger charge is 2.26. The number of rotatable bonds is 3. The van der Waals surface area contributed by atoms with E-state index in [9.17, 15) is 9.18 Å². The molecule has 0 bridgehead atoms. The third kappa shape index (κ3) is 2.54. The first-order valence-corrected chi connectivity index (χ1v) is 6.39. The Labute approximate surface area is 112 Å². The van der Waals surface area contributed by atoms with Crippen LogP contribution in [-0.4, -0.2) is 35.5 Å². The predicted octanol–water partition coefficient (Wildman–Crippen LogP) is 3.01. The number of halogens is 1.